The highest BCUT2D eigenvalue weighted by Crippen LogP contribution is 2.38. The Morgan fingerprint density at radius 2 is 1.48 bits per heavy atom. The summed E-state index contributed by atoms with van der Waals surface area (Å²) >= 11 is 0. The number of hydrogen-bond acceptors (Lipinski definition) is 6. The molecule has 10 heteroatoms. The quantitative estimate of drug-likeness (QED) is 0.354. The number of ether oxygens (including phenoxy) is 2. The van der Waals surface area contributed by atoms with Gasteiger partial charge in [-0.2, -0.15) is 5.06 Å². The van der Waals surface area contributed by atoms with E-state index < -0.39 is 49.7 Å². The zero-order valence-electron chi connectivity index (χ0n) is 22.4. The van der Waals surface area contributed by atoms with Gasteiger partial charge in [0.05, 0.1) is 6.54 Å². The molecular formula is C23H43N3O6Si. The average molecular weight is 486 g/mol. The summed E-state index contributed by atoms with van der Waals surface area (Å²) in [6.45, 7) is 22.5. The fourth-order valence-electron chi connectivity index (χ4n) is 2.82. The number of nitrogens with zero attached hydrogens (tertiary/aromatic N) is 2. The minimum Gasteiger partial charge on any atom is -0.444 e. The Balaban J connectivity index is 3.48. The van der Waals surface area contributed by atoms with Gasteiger partial charge in [0.25, 0.3) is 0 Å². The summed E-state index contributed by atoms with van der Waals surface area (Å²) < 4.78 is 17.5. The molecule has 1 aliphatic rings. The second-order valence-electron chi connectivity index (χ2n) is 12.1. The largest absolute Gasteiger partial charge is 0.444 e. The molecule has 1 heterocycles. The minimum atomic E-state index is -2.47. The van der Waals surface area contributed by atoms with Crippen LogP contribution in [0, 0.1) is 0 Å². The van der Waals surface area contributed by atoms with E-state index in [-0.39, 0.29) is 11.6 Å². The van der Waals surface area contributed by atoms with Crippen LogP contribution in [0.1, 0.15) is 69.2 Å². The van der Waals surface area contributed by atoms with E-state index >= 15 is 0 Å². The number of carbonyl (C=O) groups is 3. The molecule has 2 atom stereocenters. The Bertz CT molecular complexity index is 789. The van der Waals surface area contributed by atoms with E-state index in [0.29, 0.717) is 5.57 Å². The molecule has 1 rings (SSSR count). The topological polar surface area (TPSA) is 111 Å². The Morgan fingerprint density at radius 3 is 1.88 bits per heavy atom. The molecule has 0 radical (unpaired) electrons. The molecule has 1 aliphatic heterocycles. The first kappa shape index (κ1) is 29.0. The van der Waals surface area contributed by atoms with Crippen LogP contribution < -0.4 is 5.73 Å². The molecule has 3 amide bonds. The van der Waals surface area contributed by atoms with Crippen molar-refractivity contribution in [2.24, 2.45) is 5.73 Å². The zero-order valence-corrected chi connectivity index (χ0v) is 23.4. The number of hydroxylamine groups is 2. The molecule has 0 aromatic rings. The SMILES string of the molecule is CC1=C[C@@H](C(N)=O)N(C(=O)OC(C)(C)C)C[C@@H]1N(O[Si](C)(C)C(C)(C)C)C(=O)OC(C)(C)C. The van der Waals surface area contributed by atoms with E-state index in [4.69, 9.17) is 19.7 Å². The smallest absolute Gasteiger partial charge is 0.434 e. The number of nitrogens with two attached hydrogens (primary N) is 1. The van der Waals surface area contributed by atoms with Gasteiger partial charge in [0.15, 0.2) is 0 Å². The lowest BCUT2D eigenvalue weighted by molar-refractivity contribution is -0.125. The summed E-state index contributed by atoms with van der Waals surface area (Å²) in [6, 6.07) is -1.68. The molecule has 0 saturated heterocycles. The first-order chi connectivity index (χ1) is 14.6. The molecule has 0 aromatic heterocycles. The van der Waals surface area contributed by atoms with E-state index in [1.807, 2.05) is 13.1 Å². The van der Waals surface area contributed by atoms with E-state index in [9.17, 15) is 14.4 Å². The molecule has 0 aliphatic carbocycles. The lowest BCUT2D eigenvalue weighted by atomic mass is 9.98. The molecular weight excluding hydrogens is 442 g/mol. The summed E-state index contributed by atoms with van der Waals surface area (Å²) in [5.74, 6) is -0.687. The predicted octanol–water partition coefficient (Wildman–Crippen LogP) is 4.58. The van der Waals surface area contributed by atoms with E-state index in [1.54, 1.807) is 54.5 Å². The third-order valence-corrected chi connectivity index (χ3v) is 9.83. The summed E-state index contributed by atoms with van der Waals surface area (Å²) in [5, 5.41) is 1.03. The standard InChI is InChI=1S/C23H43N3O6Si/c1-15-13-16(18(24)27)25(19(28)30-21(2,3)4)14-17(15)26(20(29)31-22(5,6)7)32-33(11,12)23(8,9)10/h13,16-17H,14H2,1-12H3,(H2,24,27)/t16-,17-/m0/s1. The van der Waals surface area contributed by atoms with Gasteiger partial charge in [0, 0.05) is 0 Å². The summed E-state index contributed by atoms with van der Waals surface area (Å²) in [5.41, 5.74) is 4.73. The Morgan fingerprint density at radius 1 is 1.00 bits per heavy atom. The van der Waals surface area contributed by atoms with Crippen molar-refractivity contribution in [3.05, 3.63) is 11.6 Å². The van der Waals surface area contributed by atoms with Crippen molar-refractivity contribution in [1.29, 1.82) is 0 Å². The van der Waals surface area contributed by atoms with Gasteiger partial charge in [-0.25, -0.2) is 9.59 Å². The van der Waals surface area contributed by atoms with Gasteiger partial charge in [0.2, 0.25) is 14.2 Å². The van der Waals surface area contributed by atoms with E-state index in [0.717, 1.165) is 0 Å². The van der Waals surface area contributed by atoms with Crippen LogP contribution in [0.5, 0.6) is 0 Å². The first-order valence-electron chi connectivity index (χ1n) is 11.2. The molecule has 2 N–H and O–H groups in total. The van der Waals surface area contributed by atoms with Crippen LogP contribution in [0.2, 0.25) is 18.1 Å². The third kappa shape index (κ3) is 8.03. The van der Waals surface area contributed by atoms with Gasteiger partial charge in [-0.15, -0.1) is 0 Å². The van der Waals surface area contributed by atoms with E-state index in [2.05, 4.69) is 20.8 Å². The van der Waals surface area contributed by atoms with Gasteiger partial charge < -0.3 is 19.7 Å². The van der Waals surface area contributed by atoms with Crippen molar-refractivity contribution < 1.29 is 28.4 Å². The molecule has 0 bridgehead atoms. The van der Waals surface area contributed by atoms with Crippen molar-refractivity contribution in [1.82, 2.24) is 9.96 Å². The molecule has 0 spiro atoms. The molecule has 0 fully saturated rings. The van der Waals surface area contributed by atoms with Crippen LogP contribution >= 0.6 is 0 Å². The molecule has 9 nitrogen and oxygen atoms in total. The van der Waals surface area contributed by atoms with E-state index in [1.165, 1.54) is 9.96 Å². The molecule has 0 aromatic carbocycles. The lowest BCUT2D eigenvalue weighted by Gasteiger charge is -2.45. The van der Waals surface area contributed by atoms with Gasteiger partial charge in [-0.05, 0) is 72.2 Å². The molecule has 33 heavy (non-hydrogen) atoms. The normalized spacial score (nSPS) is 20.1. The van der Waals surface area contributed by atoms with Crippen molar-refractivity contribution in [3.63, 3.8) is 0 Å². The van der Waals surface area contributed by atoms with Crippen LogP contribution in [0.15, 0.2) is 11.6 Å². The Hall–Kier alpha value is -2.07. The number of amides is 3. The van der Waals surface area contributed by atoms with Crippen LogP contribution in [0.4, 0.5) is 9.59 Å². The van der Waals surface area contributed by atoms with Crippen molar-refractivity contribution in [2.45, 2.75) is 111 Å². The summed E-state index contributed by atoms with van der Waals surface area (Å²) in [7, 11) is -2.47. The Kier molecular flexibility index (Phi) is 8.47. The van der Waals surface area contributed by atoms with Crippen molar-refractivity contribution in [2.75, 3.05) is 6.54 Å². The highest BCUT2D eigenvalue weighted by atomic mass is 28.4. The maximum atomic E-state index is 13.3. The second kappa shape index (κ2) is 9.66. The van der Waals surface area contributed by atoms with Gasteiger partial charge in [-0.1, -0.05) is 26.8 Å². The molecule has 0 saturated carbocycles. The first-order valence-corrected chi connectivity index (χ1v) is 14.1. The lowest BCUT2D eigenvalue weighted by Crippen LogP contribution is -2.60. The average Bonchev–Trinajstić information content (AvgIpc) is 2.55. The second-order valence-corrected chi connectivity index (χ2v) is 16.8. The van der Waals surface area contributed by atoms with Gasteiger partial charge in [-0.3, -0.25) is 9.69 Å². The number of hydrogen-bond donors (Lipinski definition) is 1. The van der Waals surface area contributed by atoms with Crippen molar-refractivity contribution in [3.8, 4) is 0 Å². The zero-order chi connectivity index (χ0) is 26.2. The Labute approximate surface area is 199 Å². The van der Waals surface area contributed by atoms with Gasteiger partial charge >= 0.3 is 12.2 Å². The summed E-state index contributed by atoms with van der Waals surface area (Å²) in [4.78, 5) is 39.6. The fourth-order valence-corrected chi connectivity index (χ4v) is 3.78. The third-order valence-electron chi connectivity index (χ3n) is 5.56. The maximum Gasteiger partial charge on any atom is 0.434 e. The van der Waals surface area contributed by atoms with Crippen molar-refractivity contribution >= 4 is 26.4 Å². The van der Waals surface area contributed by atoms with Gasteiger partial charge in [0.1, 0.15) is 23.3 Å². The highest BCUT2D eigenvalue weighted by Gasteiger charge is 2.46. The fraction of sp³-hybridized carbons (Fsp3) is 0.783. The van der Waals surface area contributed by atoms with Crippen LogP contribution in [-0.4, -0.2) is 66.2 Å². The maximum absolute atomic E-state index is 13.3. The molecule has 190 valence electrons. The monoisotopic (exact) mass is 485 g/mol. The number of primary amides is 1. The number of rotatable bonds is 4. The highest BCUT2D eigenvalue weighted by molar-refractivity contribution is 6.74. The van der Waals surface area contributed by atoms with Crippen LogP contribution in [0.3, 0.4) is 0 Å². The van der Waals surface area contributed by atoms with Crippen LogP contribution in [-0.2, 0) is 18.8 Å². The summed E-state index contributed by atoms with van der Waals surface area (Å²) in [6.07, 6.45) is 0.218. The van der Waals surface area contributed by atoms with Crippen LogP contribution in [0.25, 0.3) is 0 Å². The number of carbonyl (C=O) groups excluding carboxylic acids is 3. The molecule has 0 unspecified atom stereocenters. The predicted molar refractivity (Wildman–Crippen MR) is 130 cm³/mol. The minimum absolute atomic E-state index is 0.0290.